The van der Waals surface area contributed by atoms with Gasteiger partial charge in [0.15, 0.2) is 8.32 Å². The number of pyridine rings is 1. The molecule has 0 N–H and O–H groups in total. The van der Waals surface area contributed by atoms with Crippen molar-refractivity contribution < 1.29 is 17.6 Å². The Kier molecular flexibility index (Phi) is 3.78. The molecule has 1 aromatic heterocycles. The Bertz CT molecular complexity index is 513. The van der Waals surface area contributed by atoms with Crippen LogP contribution in [0.15, 0.2) is 18.3 Å². The van der Waals surface area contributed by atoms with Crippen LogP contribution in [-0.2, 0) is 16.2 Å². The predicted molar refractivity (Wildman–Crippen MR) is 78.4 cm³/mol. The highest BCUT2D eigenvalue weighted by Gasteiger charge is 2.53. The third-order valence-electron chi connectivity index (χ3n) is 4.52. The molecule has 1 fully saturated rings. The minimum absolute atomic E-state index is 0.0640. The Morgan fingerprint density at radius 2 is 1.71 bits per heavy atom. The number of hydrogen-bond donors (Lipinski definition) is 0. The number of rotatable bonds is 3. The molecule has 0 spiro atoms. The van der Waals surface area contributed by atoms with Crippen LogP contribution in [0.5, 0.6) is 0 Å². The third kappa shape index (κ3) is 3.31. The van der Waals surface area contributed by atoms with Gasteiger partial charge in [-0.2, -0.15) is 13.2 Å². The van der Waals surface area contributed by atoms with E-state index in [1.54, 1.807) is 0 Å². The van der Waals surface area contributed by atoms with Crippen molar-refractivity contribution in [2.45, 2.75) is 63.5 Å². The Hall–Kier alpha value is -0.883. The van der Waals surface area contributed by atoms with E-state index in [0.29, 0.717) is 5.69 Å². The maximum atomic E-state index is 12.6. The highest BCUT2D eigenvalue weighted by atomic mass is 28.4. The molecular formula is C15H22F3NOSi. The van der Waals surface area contributed by atoms with Crippen molar-refractivity contribution in [3.05, 3.63) is 29.6 Å². The third-order valence-corrected chi connectivity index (χ3v) is 9.03. The van der Waals surface area contributed by atoms with E-state index >= 15 is 0 Å². The summed E-state index contributed by atoms with van der Waals surface area (Å²) in [6, 6.07) is 2.56. The van der Waals surface area contributed by atoms with E-state index in [2.05, 4.69) is 38.8 Å². The molecule has 0 aliphatic heterocycles. The molecule has 0 amide bonds. The molecule has 0 atom stereocenters. The summed E-state index contributed by atoms with van der Waals surface area (Å²) >= 11 is 0. The van der Waals surface area contributed by atoms with E-state index in [1.165, 1.54) is 6.07 Å². The average Bonchev–Trinajstić information content (AvgIpc) is 3.07. The van der Waals surface area contributed by atoms with Gasteiger partial charge in [0.05, 0.1) is 16.9 Å². The van der Waals surface area contributed by atoms with Gasteiger partial charge in [0.1, 0.15) is 0 Å². The van der Waals surface area contributed by atoms with Gasteiger partial charge in [-0.05, 0) is 43.1 Å². The zero-order valence-corrected chi connectivity index (χ0v) is 14.1. The van der Waals surface area contributed by atoms with E-state index in [1.807, 2.05) is 0 Å². The van der Waals surface area contributed by atoms with Crippen molar-refractivity contribution in [1.29, 1.82) is 0 Å². The van der Waals surface area contributed by atoms with E-state index in [9.17, 15) is 13.2 Å². The lowest BCUT2D eigenvalue weighted by molar-refractivity contribution is -0.137. The van der Waals surface area contributed by atoms with E-state index < -0.39 is 25.7 Å². The predicted octanol–water partition coefficient (Wildman–Crippen LogP) is 5.11. The number of alkyl halides is 3. The molecule has 1 aliphatic carbocycles. The zero-order valence-electron chi connectivity index (χ0n) is 13.1. The standard InChI is InChI=1S/C15H22F3NOSi/c1-13(2,3)21(4,5)20-14(8-9-14)12-7-6-11(10-19-12)15(16,17)18/h6-7,10H,8-9H2,1-5H3. The lowest BCUT2D eigenvalue weighted by Gasteiger charge is -2.39. The molecule has 0 bridgehead atoms. The molecular weight excluding hydrogens is 295 g/mol. The van der Waals surface area contributed by atoms with Gasteiger partial charge in [-0.3, -0.25) is 4.98 Å². The summed E-state index contributed by atoms with van der Waals surface area (Å²) in [6.45, 7) is 10.7. The molecule has 2 nitrogen and oxygen atoms in total. The molecule has 0 radical (unpaired) electrons. The maximum absolute atomic E-state index is 12.6. The van der Waals surface area contributed by atoms with Crippen molar-refractivity contribution in [2.75, 3.05) is 0 Å². The number of hydrogen-bond acceptors (Lipinski definition) is 2. The van der Waals surface area contributed by atoms with Gasteiger partial charge >= 0.3 is 6.18 Å². The summed E-state index contributed by atoms with van der Waals surface area (Å²) in [5.41, 5.74) is -0.553. The van der Waals surface area contributed by atoms with Gasteiger partial charge in [0, 0.05) is 6.20 Å². The lowest BCUT2D eigenvalue weighted by atomic mass is 10.2. The topological polar surface area (TPSA) is 22.1 Å². The first-order valence-corrected chi connectivity index (χ1v) is 10.0. The first-order valence-electron chi connectivity index (χ1n) is 7.11. The summed E-state index contributed by atoms with van der Waals surface area (Å²) in [4.78, 5) is 4.02. The summed E-state index contributed by atoms with van der Waals surface area (Å²) in [5, 5.41) is 0.0640. The van der Waals surface area contributed by atoms with Crippen LogP contribution < -0.4 is 0 Å². The van der Waals surface area contributed by atoms with Crippen LogP contribution in [0.4, 0.5) is 13.2 Å². The molecule has 1 aliphatic rings. The number of halogens is 3. The van der Waals surface area contributed by atoms with Crippen LogP contribution in [0, 0.1) is 0 Å². The quantitative estimate of drug-likeness (QED) is 0.723. The van der Waals surface area contributed by atoms with Crippen LogP contribution in [0.25, 0.3) is 0 Å². The van der Waals surface area contributed by atoms with Crippen molar-refractivity contribution >= 4 is 8.32 Å². The van der Waals surface area contributed by atoms with Gasteiger partial charge < -0.3 is 4.43 Å². The van der Waals surface area contributed by atoms with Crippen molar-refractivity contribution in [2.24, 2.45) is 0 Å². The summed E-state index contributed by atoms with van der Waals surface area (Å²) in [6.07, 6.45) is -1.78. The molecule has 0 aromatic carbocycles. The smallest absolute Gasteiger partial charge is 0.406 e. The molecule has 21 heavy (non-hydrogen) atoms. The van der Waals surface area contributed by atoms with Gasteiger partial charge in [-0.25, -0.2) is 0 Å². The van der Waals surface area contributed by atoms with Gasteiger partial charge in [-0.15, -0.1) is 0 Å². The monoisotopic (exact) mass is 317 g/mol. The first kappa shape index (κ1) is 16.5. The number of aromatic nitrogens is 1. The largest absolute Gasteiger partial charge is 0.417 e. The zero-order chi connectivity index (χ0) is 16.1. The molecule has 1 saturated carbocycles. The second kappa shape index (κ2) is 4.81. The Labute approximate surface area is 124 Å². The van der Waals surface area contributed by atoms with Gasteiger partial charge in [0.25, 0.3) is 0 Å². The lowest BCUT2D eigenvalue weighted by Crippen LogP contribution is -2.44. The summed E-state index contributed by atoms with van der Waals surface area (Å²) in [7, 11) is -1.97. The van der Waals surface area contributed by atoms with Crippen molar-refractivity contribution in [3.8, 4) is 0 Å². The maximum Gasteiger partial charge on any atom is 0.417 e. The Balaban J connectivity index is 2.22. The number of nitrogens with zero attached hydrogens (tertiary/aromatic N) is 1. The minimum atomic E-state index is -4.34. The summed E-state index contributed by atoms with van der Waals surface area (Å²) in [5.74, 6) is 0. The summed E-state index contributed by atoms with van der Waals surface area (Å²) < 4.78 is 44.2. The molecule has 2 rings (SSSR count). The van der Waals surface area contributed by atoms with Crippen LogP contribution >= 0.6 is 0 Å². The molecule has 118 valence electrons. The van der Waals surface area contributed by atoms with Crippen LogP contribution in [0.3, 0.4) is 0 Å². The Morgan fingerprint density at radius 3 is 2.05 bits per heavy atom. The molecule has 6 heteroatoms. The van der Waals surface area contributed by atoms with E-state index in [0.717, 1.165) is 25.1 Å². The highest BCUT2D eigenvalue weighted by Crippen LogP contribution is 2.53. The molecule has 0 saturated heterocycles. The van der Waals surface area contributed by atoms with Crippen molar-refractivity contribution in [3.63, 3.8) is 0 Å². The Morgan fingerprint density at radius 1 is 1.14 bits per heavy atom. The van der Waals surface area contributed by atoms with Crippen LogP contribution in [-0.4, -0.2) is 13.3 Å². The molecule has 1 aromatic rings. The highest BCUT2D eigenvalue weighted by molar-refractivity contribution is 6.74. The fraction of sp³-hybridized carbons (Fsp3) is 0.667. The van der Waals surface area contributed by atoms with Crippen LogP contribution in [0.2, 0.25) is 18.1 Å². The fourth-order valence-electron chi connectivity index (χ4n) is 2.00. The average molecular weight is 317 g/mol. The second-order valence-electron chi connectivity index (χ2n) is 7.29. The SMILES string of the molecule is CC(C)(C)[Si](C)(C)OC1(c2ccc(C(F)(F)F)cn2)CC1. The molecule has 1 heterocycles. The van der Waals surface area contributed by atoms with Crippen molar-refractivity contribution in [1.82, 2.24) is 4.98 Å². The van der Waals surface area contributed by atoms with Crippen LogP contribution in [0.1, 0.15) is 44.9 Å². The van der Waals surface area contributed by atoms with Gasteiger partial charge in [-0.1, -0.05) is 20.8 Å². The van der Waals surface area contributed by atoms with Gasteiger partial charge in [0.2, 0.25) is 0 Å². The van der Waals surface area contributed by atoms with E-state index in [-0.39, 0.29) is 5.04 Å². The molecule has 0 unspecified atom stereocenters. The second-order valence-corrected chi connectivity index (χ2v) is 12.0. The minimum Gasteiger partial charge on any atom is -0.406 e. The normalized spacial score (nSPS) is 18.7. The first-order chi connectivity index (χ1) is 9.37. The van der Waals surface area contributed by atoms with E-state index in [4.69, 9.17) is 4.43 Å². The fourth-order valence-corrected chi connectivity index (χ4v) is 3.59.